The third-order valence-electron chi connectivity index (χ3n) is 4.30. The molecule has 1 aliphatic rings. The van der Waals surface area contributed by atoms with Crippen LogP contribution >= 0.6 is 0 Å². The average molecular weight is 361 g/mol. The second-order valence-corrected chi connectivity index (χ2v) is 6.40. The molecule has 0 spiro atoms. The first-order valence-corrected chi connectivity index (χ1v) is 8.60. The molecule has 1 aliphatic heterocycles. The van der Waals surface area contributed by atoms with Gasteiger partial charge in [0.05, 0.1) is 5.56 Å². The van der Waals surface area contributed by atoms with Gasteiger partial charge < -0.3 is 20.1 Å². The molecule has 0 unspecified atom stereocenters. The monoisotopic (exact) mass is 361 g/mol. The molecule has 2 heterocycles. The first kappa shape index (κ1) is 16.9. The Labute approximate surface area is 157 Å². The quantitative estimate of drug-likeness (QED) is 0.719. The molecule has 6 nitrogen and oxygen atoms in total. The molecule has 2 N–H and O–H groups in total. The summed E-state index contributed by atoms with van der Waals surface area (Å²) in [7, 11) is 0. The number of benzene rings is 2. The molecule has 4 rings (SSSR count). The second kappa shape index (κ2) is 6.99. The minimum Gasteiger partial charge on any atom is -0.454 e. The number of nitrogens with one attached hydrogen (secondary N) is 2. The van der Waals surface area contributed by atoms with Gasteiger partial charge in [-0.3, -0.25) is 4.79 Å². The minimum absolute atomic E-state index is 0.200. The molecule has 0 bridgehead atoms. The molecule has 3 aromatic rings. The number of nitrogens with zero attached hydrogens (tertiary/aromatic N) is 1. The third-order valence-corrected chi connectivity index (χ3v) is 4.30. The smallest absolute Gasteiger partial charge is 0.257 e. The largest absolute Gasteiger partial charge is 0.454 e. The van der Waals surface area contributed by atoms with E-state index in [-0.39, 0.29) is 12.7 Å². The zero-order chi connectivity index (χ0) is 18.8. The van der Waals surface area contributed by atoms with Crippen LogP contribution in [0.2, 0.25) is 0 Å². The molecule has 27 heavy (non-hydrogen) atoms. The topological polar surface area (TPSA) is 72.5 Å². The van der Waals surface area contributed by atoms with Gasteiger partial charge in [-0.05, 0) is 49.7 Å². The summed E-state index contributed by atoms with van der Waals surface area (Å²) in [5, 5.41) is 6.11. The van der Waals surface area contributed by atoms with E-state index in [1.807, 2.05) is 19.1 Å². The maximum absolute atomic E-state index is 12.4. The molecule has 0 aliphatic carbocycles. The zero-order valence-electron chi connectivity index (χ0n) is 15.1. The highest BCUT2D eigenvalue weighted by Gasteiger charge is 2.15. The van der Waals surface area contributed by atoms with Crippen molar-refractivity contribution in [3.8, 4) is 11.5 Å². The summed E-state index contributed by atoms with van der Waals surface area (Å²) >= 11 is 0. The molecule has 0 saturated heterocycles. The standard InChI is InChI=1S/C21H19N3O3/c1-13-3-6-17(14(2)9-13)24-20-8-4-15(11-22-20)21(25)23-16-5-7-18-19(10-16)27-12-26-18/h3-11H,12H2,1-2H3,(H,22,24)(H,23,25). The molecule has 2 aromatic carbocycles. The number of aromatic nitrogens is 1. The molecule has 0 saturated carbocycles. The van der Waals surface area contributed by atoms with Crippen molar-refractivity contribution in [1.29, 1.82) is 0 Å². The average Bonchev–Trinajstić information content (AvgIpc) is 3.12. The lowest BCUT2D eigenvalue weighted by molar-refractivity contribution is 0.102. The van der Waals surface area contributed by atoms with Crippen LogP contribution < -0.4 is 20.1 Å². The number of ether oxygens (including phenoxy) is 2. The van der Waals surface area contributed by atoms with Crippen LogP contribution in [0.25, 0.3) is 0 Å². The maximum Gasteiger partial charge on any atom is 0.257 e. The summed E-state index contributed by atoms with van der Waals surface area (Å²) in [5.74, 6) is 1.75. The van der Waals surface area contributed by atoms with Crippen molar-refractivity contribution in [3.05, 3.63) is 71.4 Å². The van der Waals surface area contributed by atoms with Crippen LogP contribution in [0.5, 0.6) is 11.5 Å². The van der Waals surface area contributed by atoms with Crippen molar-refractivity contribution in [3.63, 3.8) is 0 Å². The van der Waals surface area contributed by atoms with E-state index in [2.05, 4.69) is 28.6 Å². The van der Waals surface area contributed by atoms with Crippen molar-refractivity contribution >= 4 is 23.1 Å². The molecule has 6 heteroatoms. The number of anilines is 3. The Morgan fingerprint density at radius 1 is 1.00 bits per heavy atom. The normalized spacial score (nSPS) is 11.9. The first-order chi connectivity index (χ1) is 13.1. The Bertz CT molecular complexity index is 1000. The Morgan fingerprint density at radius 3 is 2.63 bits per heavy atom. The van der Waals surface area contributed by atoms with Gasteiger partial charge in [-0.15, -0.1) is 0 Å². The van der Waals surface area contributed by atoms with Crippen molar-refractivity contribution in [2.45, 2.75) is 13.8 Å². The van der Waals surface area contributed by atoms with Crippen LogP contribution in [0, 0.1) is 13.8 Å². The van der Waals surface area contributed by atoms with Gasteiger partial charge in [0.15, 0.2) is 11.5 Å². The minimum atomic E-state index is -0.237. The van der Waals surface area contributed by atoms with Gasteiger partial charge in [0.25, 0.3) is 5.91 Å². The summed E-state index contributed by atoms with van der Waals surface area (Å²) in [6.45, 7) is 4.30. The van der Waals surface area contributed by atoms with E-state index < -0.39 is 0 Å². The number of aryl methyl sites for hydroxylation is 2. The number of pyridine rings is 1. The van der Waals surface area contributed by atoms with Crippen LogP contribution in [0.1, 0.15) is 21.5 Å². The summed E-state index contributed by atoms with van der Waals surface area (Å²) < 4.78 is 10.6. The molecular formula is C21H19N3O3. The summed E-state index contributed by atoms with van der Waals surface area (Å²) in [6, 6.07) is 15.0. The highest BCUT2D eigenvalue weighted by atomic mass is 16.7. The fourth-order valence-electron chi connectivity index (χ4n) is 2.87. The molecule has 0 fully saturated rings. The number of hydrogen-bond donors (Lipinski definition) is 2. The predicted octanol–water partition coefficient (Wildman–Crippen LogP) is 4.42. The van der Waals surface area contributed by atoms with E-state index in [4.69, 9.17) is 9.47 Å². The van der Waals surface area contributed by atoms with Gasteiger partial charge >= 0.3 is 0 Å². The second-order valence-electron chi connectivity index (χ2n) is 6.40. The number of carbonyl (C=O) groups is 1. The first-order valence-electron chi connectivity index (χ1n) is 8.60. The molecular weight excluding hydrogens is 342 g/mol. The molecule has 1 aromatic heterocycles. The fourth-order valence-corrected chi connectivity index (χ4v) is 2.87. The highest BCUT2D eigenvalue weighted by Crippen LogP contribution is 2.34. The number of rotatable bonds is 4. The third kappa shape index (κ3) is 3.69. The van der Waals surface area contributed by atoms with Gasteiger partial charge in [-0.2, -0.15) is 0 Å². The molecule has 1 amide bonds. The van der Waals surface area contributed by atoms with Gasteiger partial charge in [0.2, 0.25) is 6.79 Å². The summed E-state index contributed by atoms with van der Waals surface area (Å²) in [5.41, 5.74) is 4.45. The molecule has 0 atom stereocenters. The van der Waals surface area contributed by atoms with Gasteiger partial charge in [0, 0.05) is 23.6 Å². The number of amides is 1. The van der Waals surface area contributed by atoms with E-state index >= 15 is 0 Å². The summed E-state index contributed by atoms with van der Waals surface area (Å²) in [4.78, 5) is 16.8. The molecule has 0 radical (unpaired) electrons. The van der Waals surface area contributed by atoms with Crippen molar-refractivity contribution < 1.29 is 14.3 Å². The fraction of sp³-hybridized carbons (Fsp3) is 0.143. The van der Waals surface area contributed by atoms with Crippen LogP contribution in [0.4, 0.5) is 17.2 Å². The summed E-state index contributed by atoms with van der Waals surface area (Å²) in [6.07, 6.45) is 1.55. The Balaban J connectivity index is 1.44. The maximum atomic E-state index is 12.4. The Morgan fingerprint density at radius 2 is 1.85 bits per heavy atom. The Hall–Kier alpha value is -3.54. The lowest BCUT2D eigenvalue weighted by Crippen LogP contribution is -2.12. The SMILES string of the molecule is Cc1ccc(Nc2ccc(C(=O)Nc3ccc4c(c3)OCO4)cn2)c(C)c1. The van der Waals surface area contributed by atoms with Crippen LogP contribution in [0.3, 0.4) is 0 Å². The number of carbonyl (C=O) groups excluding carboxylic acids is 1. The molecule has 136 valence electrons. The Kier molecular flexibility index (Phi) is 4.38. The van der Waals surface area contributed by atoms with E-state index in [1.165, 1.54) is 5.56 Å². The number of fused-ring (bicyclic) bond motifs is 1. The van der Waals surface area contributed by atoms with E-state index in [0.717, 1.165) is 11.3 Å². The van der Waals surface area contributed by atoms with E-state index in [9.17, 15) is 4.79 Å². The van der Waals surface area contributed by atoms with Crippen LogP contribution in [-0.4, -0.2) is 17.7 Å². The lowest BCUT2D eigenvalue weighted by Gasteiger charge is -2.10. The van der Waals surface area contributed by atoms with Crippen molar-refractivity contribution in [2.75, 3.05) is 17.4 Å². The van der Waals surface area contributed by atoms with Crippen molar-refractivity contribution in [2.24, 2.45) is 0 Å². The van der Waals surface area contributed by atoms with Crippen molar-refractivity contribution in [1.82, 2.24) is 4.98 Å². The number of hydrogen-bond acceptors (Lipinski definition) is 5. The van der Waals surface area contributed by atoms with E-state index in [1.54, 1.807) is 36.5 Å². The zero-order valence-corrected chi connectivity index (χ0v) is 15.1. The van der Waals surface area contributed by atoms with Gasteiger partial charge in [-0.25, -0.2) is 4.98 Å². The van der Waals surface area contributed by atoms with Gasteiger partial charge in [-0.1, -0.05) is 17.7 Å². The van der Waals surface area contributed by atoms with Crippen LogP contribution in [0.15, 0.2) is 54.7 Å². The van der Waals surface area contributed by atoms with Crippen LogP contribution in [-0.2, 0) is 0 Å². The van der Waals surface area contributed by atoms with E-state index in [0.29, 0.717) is 28.6 Å². The lowest BCUT2D eigenvalue weighted by atomic mass is 10.1. The predicted molar refractivity (Wildman–Crippen MR) is 104 cm³/mol. The van der Waals surface area contributed by atoms with Gasteiger partial charge in [0.1, 0.15) is 5.82 Å². The highest BCUT2D eigenvalue weighted by molar-refractivity contribution is 6.04.